The summed E-state index contributed by atoms with van der Waals surface area (Å²) in [4.78, 5) is 2.20. The molecule has 1 aromatic carbocycles. The lowest BCUT2D eigenvalue weighted by Crippen LogP contribution is -2.35. The van der Waals surface area contributed by atoms with Gasteiger partial charge in [-0.1, -0.05) is 37.5 Å². The molecule has 0 radical (unpaired) electrons. The fourth-order valence-electron chi connectivity index (χ4n) is 2.44. The molecule has 0 N–H and O–H groups in total. The van der Waals surface area contributed by atoms with E-state index in [1.807, 2.05) is 6.07 Å². The standard InChI is InChI=1S/C15H23NO/c1-13(17-15-11-7-4-8-12-15)16(2)14-9-5-3-6-10-14/h3,5-6,9-10,13,15H,4,7-8,11-12H2,1-2H3. The first-order valence-electron chi connectivity index (χ1n) is 6.70. The van der Waals surface area contributed by atoms with Gasteiger partial charge in [-0.2, -0.15) is 0 Å². The Morgan fingerprint density at radius 2 is 1.76 bits per heavy atom. The first-order chi connectivity index (χ1) is 8.27. The van der Waals surface area contributed by atoms with Crippen molar-refractivity contribution in [1.82, 2.24) is 0 Å². The van der Waals surface area contributed by atoms with Crippen LogP contribution in [0.3, 0.4) is 0 Å². The van der Waals surface area contributed by atoms with Crippen molar-refractivity contribution >= 4 is 5.69 Å². The highest BCUT2D eigenvalue weighted by Crippen LogP contribution is 2.23. The van der Waals surface area contributed by atoms with Gasteiger partial charge in [-0.25, -0.2) is 0 Å². The SMILES string of the molecule is CC(OC1CCCCC1)N(C)c1ccccc1. The lowest BCUT2D eigenvalue weighted by atomic mass is 9.98. The molecule has 0 aliphatic heterocycles. The zero-order chi connectivity index (χ0) is 12.1. The molecular formula is C15H23NO. The van der Waals surface area contributed by atoms with Gasteiger partial charge in [-0.3, -0.25) is 0 Å². The summed E-state index contributed by atoms with van der Waals surface area (Å²) in [7, 11) is 2.10. The second-order valence-electron chi connectivity index (χ2n) is 4.94. The topological polar surface area (TPSA) is 12.5 Å². The Labute approximate surface area is 105 Å². The summed E-state index contributed by atoms with van der Waals surface area (Å²) < 4.78 is 6.13. The number of benzene rings is 1. The molecule has 1 aliphatic rings. The quantitative estimate of drug-likeness (QED) is 0.733. The fraction of sp³-hybridized carbons (Fsp3) is 0.600. The van der Waals surface area contributed by atoms with E-state index >= 15 is 0 Å². The first kappa shape index (κ1) is 12.4. The van der Waals surface area contributed by atoms with Crippen molar-refractivity contribution in [2.45, 2.75) is 51.4 Å². The van der Waals surface area contributed by atoms with Crippen LogP contribution in [0.15, 0.2) is 30.3 Å². The molecule has 1 saturated carbocycles. The summed E-state index contributed by atoms with van der Waals surface area (Å²) in [6.07, 6.45) is 7.10. The van der Waals surface area contributed by atoms with Crippen LogP contribution in [0, 0.1) is 0 Å². The van der Waals surface area contributed by atoms with Crippen LogP contribution < -0.4 is 4.90 Å². The van der Waals surface area contributed by atoms with Crippen LogP contribution in [0.1, 0.15) is 39.0 Å². The van der Waals surface area contributed by atoms with Crippen LogP contribution in [-0.4, -0.2) is 19.4 Å². The molecule has 1 fully saturated rings. The summed E-state index contributed by atoms with van der Waals surface area (Å²) in [5, 5.41) is 0. The molecule has 1 aliphatic carbocycles. The summed E-state index contributed by atoms with van der Waals surface area (Å²) in [5.74, 6) is 0. The predicted octanol–water partition coefficient (Wildman–Crippen LogP) is 3.82. The molecule has 17 heavy (non-hydrogen) atoms. The van der Waals surface area contributed by atoms with E-state index in [0.717, 1.165) is 0 Å². The smallest absolute Gasteiger partial charge is 0.127 e. The number of nitrogens with zero attached hydrogens (tertiary/aromatic N) is 1. The van der Waals surface area contributed by atoms with E-state index in [-0.39, 0.29) is 6.23 Å². The van der Waals surface area contributed by atoms with Gasteiger partial charge in [0.2, 0.25) is 0 Å². The third kappa shape index (κ3) is 3.47. The van der Waals surface area contributed by atoms with Crippen molar-refractivity contribution in [3.8, 4) is 0 Å². The second kappa shape index (κ2) is 6.06. The first-order valence-corrected chi connectivity index (χ1v) is 6.70. The molecule has 1 atom stereocenters. The van der Waals surface area contributed by atoms with Crippen LogP contribution in [0.4, 0.5) is 5.69 Å². The Balaban J connectivity index is 1.88. The van der Waals surface area contributed by atoms with E-state index in [1.165, 1.54) is 37.8 Å². The van der Waals surface area contributed by atoms with Gasteiger partial charge in [0.15, 0.2) is 0 Å². The number of para-hydroxylation sites is 1. The number of hydrogen-bond acceptors (Lipinski definition) is 2. The minimum Gasteiger partial charge on any atom is -0.355 e. The monoisotopic (exact) mass is 233 g/mol. The van der Waals surface area contributed by atoms with Crippen LogP contribution in [0.2, 0.25) is 0 Å². The largest absolute Gasteiger partial charge is 0.355 e. The predicted molar refractivity (Wildman–Crippen MR) is 72.3 cm³/mol. The van der Waals surface area contributed by atoms with E-state index in [4.69, 9.17) is 4.74 Å². The highest BCUT2D eigenvalue weighted by atomic mass is 16.5. The Bertz CT molecular complexity index is 319. The summed E-state index contributed by atoms with van der Waals surface area (Å²) >= 11 is 0. The molecular weight excluding hydrogens is 210 g/mol. The van der Waals surface area contributed by atoms with Gasteiger partial charge < -0.3 is 9.64 Å². The molecule has 0 aromatic heterocycles. The van der Waals surface area contributed by atoms with E-state index in [0.29, 0.717) is 6.10 Å². The highest BCUT2D eigenvalue weighted by molar-refractivity contribution is 5.45. The maximum atomic E-state index is 6.13. The molecule has 2 heteroatoms. The summed E-state index contributed by atoms with van der Waals surface area (Å²) in [6, 6.07) is 10.4. The van der Waals surface area contributed by atoms with E-state index in [1.54, 1.807) is 0 Å². The van der Waals surface area contributed by atoms with Crippen molar-refractivity contribution in [3.63, 3.8) is 0 Å². The molecule has 0 spiro atoms. The lowest BCUT2D eigenvalue weighted by molar-refractivity contribution is -0.0197. The maximum Gasteiger partial charge on any atom is 0.127 e. The minimum atomic E-state index is 0.153. The average molecular weight is 233 g/mol. The van der Waals surface area contributed by atoms with Crippen molar-refractivity contribution in [2.75, 3.05) is 11.9 Å². The normalized spacial score (nSPS) is 18.9. The summed E-state index contributed by atoms with van der Waals surface area (Å²) in [6.45, 7) is 2.14. The summed E-state index contributed by atoms with van der Waals surface area (Å²) in [5.41, 5.74) is 1.22. The zero-order valence-corrected chi connectivity index (χ0v) is 10.9. The van der Waals surface area contributed by atoms with Crippen molar-refractivity contribution in [3.05, 3.63) is 30.3 Å². The second-order valence-corrected chi connectivity index (χ2v) is 4.94. The molecule has 0 amide bonds. The van der Waals surface area contributed by atoms with Gasteiger partial charge in [0.05, 0.1) is 6.10 Å². The van der Waals surface area contributed by atoms with E-state index < -0.39 is 0 Å². The zero-order valence-electron chi connectivity index (χ0n) is 10.9. The molecule has 2 nitrogen and oxygen atoms in total. The van der Waals surface area contributed by atoms with Crippen molar-refractivity contribution in [2.24, 2.45) is 0 Å². The third-order valence-corrected chi connectivity index (χ3v) is 3.65. The molecule has 1 aromatic rings. The Morgan fingerprint density at radius 1 is 1.12 bits per heavy atom. The highest BCUT2D eigenvalue weighted by Gasteiger charge is 2.19. The number of hydrogen-bond donors (Lipinski definition) is 0. The average Bonchev–Trinajstić information content (AvgIpc) is 2.40. The number of rotatable bonds is 4. The molecule has 0 heterocycles. The van der Waals surface area contributed by atoms with E-state index in [9.17, 15) is 0 Å². The number of ether oxygens (including phenoxy) is 1. The lowest BCUT2D eigenvalue weighted by Gasteiger charge is -2.32. The van der Waals surface area contributed by atoms with Gasteiger partial charge in [0.1, 0.15) is 6.23 Å². The van der Waals surface area contributed by atoms with Crippen LogP contribution >= 0.6 is 0 Å². The van der Waals surface area contributed by atoms with Gasteiger partial charge in [-0.15, -0.1) is 0 Å². The molecule has 0 saturated heterocycles. The van der Waals surface area contributed by atoms with Crippen LogP contribution in [0.25, 0.3) is 0 Å². The Morgan fingerprint density at radius 3 is 2.41 bits per heavy atom. The molecule has 2 rings (SSSR count). The van der Waals surface area contributed by atoms with Crippen LogP contribution in [0.5, 0.6) is 0 Å². The number of anilines is 1. The van der Waals surface area contributed by atoms with Gasteiger partial charge in [0.25, 0.3) is 0 Å². The van der Waals surface area contributed by atoms with Crippen LogP contribution in [-0.2, 0) is 4.74 Å². The molecule has 0 bridgehead atoms. The van der Waals surface area contributed by atoms with Crippen molar-refractivity contribution in [1.29, 1.82) is 0 Å². The third-order valence-electron chi connectivity index (χ3n) is 3.65. The molecule has 1 unspecified atom stereocenters. The minimum absolute atomic E-state index is 0.153. The van der Waals surface area contributed by atoms with Gasteiger partial charge >= 0.3 is 0 Å². The van der Waals surface area contributed by atoms with Gasteiger partial charge in [-0.05, 0) is 31.9 Å². The van der Waals surface area contributed by atoms with E-state index in [2.05, 4.69) is 43.1 Å². The maximum absolute atomic E-state index is 6.13. The van der Waals surface area contributed by atoms with Crippen molar-refractivity contribution < 1.29 is 4.74 Å². The fourth-order valence-corrected chi connectivity index (χ4v) is 2.44. The Hall–Kier alpha value is -1.02. The molecule has 94 valence electrons. The van der Waals surface area contributed by atoms with Gasteiger partial charge in [0, 0.05) is 12.7 Å². The Kier molecular flexibility index (Phi) is 4.43.